The molecule has 0 amide bonds. The van der Waals surface area contributed by atoms with Crippen LogP contribution in [0.1, 0.15) is 5.69 Å². The number of hydrogen-bond acceptors (Lipinski definition) is 4. The van der Waals surface area contributed by atoms with Gasteiger partial charge in [0.15, 0.2) is 0 Å². The summed E-state index contributed by atoms with van der Waals surface area (Å²) >= 11 is 0.668. The zero-order chi connectivity index (χ0) is 16.2. The van der Waals surface area contributed by atoms with E-state index in [9.17, 15) is 22.8 Å². The van der Waals surface area contributed by atoms with Crippen LogP contribution in [0.15, 0.2) is 44.8 Å². The topological polar surface area (TPSA) is 77.8 Å². The van der Waals surface area contributed by atoms with Gasteiger partial charge < -0.3 is 10.3 Å². The van der Waals surface area contributed by atoms with Crippen molar-refractivity contribution in [3.8, 4) is 0 Å². The number of benzene rings is 1. The van der Waals surface area contributed by atoms with Gasteiger partial charge in [-0.3, -0.25) is 9.78 Å². The number of H-pyrrole nitrogens is 2. The van der Waals surface area contributed by atoms with Gasteiger partial charge in [-0.15, -0.1) is 11.8 Å². The first kappa shape index (κ1) is 16.2. The molecule has 0 aliphatic carbocycles. The summed E-state index contributed by atoms with van der Waals surface area (Å²) in [6.45, 7) is 0.114. The van der Waals surface area contributed by atoms with E-state index < -0.39 is 23.2 Å². The SMILES string of the molecule is O=c1cc(CNc2ccccc2SCC(F)(F)F)[nH]c(=O)[nH]1. The third-order valence-corrected chi connectivity index (χ3v) is 3.70. The lowest BCUT2D eigenvalue weighted by Crippen LogP contribution is -2.23. The normalized spacial score (nSPS) is 11.4. The molecule has 0 saturated carbocycles. The minimum absolute atomic E-state index is 0.114. The average Bonchev–Trinajstić information content (AvgIpc) is 2.42. The van der Waals surface area contributed by atoms with Crippen LogP contribution >= 0.6 is 11.8 Å². The Morgan fingerprint density at radius 3 is 2.55 bits per heavy atom. The van der Waals surface area contributed by atoms with E-state index in [4.69, 9.17) is 0 Å². The molecule has 0 bridgehead atoms. The number of rotatable bonds is 5. The Labute approximate surface area is 127 Å². The summed E-state index contributed by atoms with van der Waals surface area (Å²) in [4.78, 5) is 27.2. The Morgan fingerprint density at radius 2 is 1.86 bits per heavy atom. The molecule has 0 fully saturated rings. The number of hydrogen-bond donors (Lipinski definition) is 3. The maximum atomic E-state index is 12.3. The third-order valence-electron chi connectivity index (χ3n) is 2.56. The summed E-state index contributed by atoms with van der Waals surface area (Å²) in [6.07, 6.45) is -4.25. The van der Waals surface area contributed by atoms with Crippen LogP contribution in [0, 0.1) is 0 Å². The van der Waals surface area contributed by atoms with E-state index in [-0.39, 0.29) is 6.54 Å². The van der Waals surface area contributed by atoms with Crippen LogP contribution in [0.2, 0.25) is 0 Å². The first-order valence-corrected chi connectivity index (χ1v) is 7.17. The first-order valence-electron chi connectivity index (χ1n) is 6.18. The fourth-order valence-corrected chi connectivity index (χ4v) is 2.49. The molecule has 0 atom stereocenters. The molecule has 0 aliphatic heterocycles. The van der Waals surface area contributed by atoms with Gasteiger partial charge in [0.1, 0.15) is 0 Å². The van der Waals surface area contributed by atoms with Crippen LogP contribution < -0.4 is 16.6 Å². The molecule has 9 heteroatoms. The highest BCUT2D eigenvalue weighted by Gasteiger charge is 2.27. The standard InChI is InChI=1S/C13H12F3N3O2S/c14-13(15,16)7-22-10-4-2-1-3-9(10)17-6-8-5-11(20)19-12(21)18-8/h1-5,17H,6-7H2,(H2,18,19,20,21). The van der Waals surface area contributed by atoms with Crippen LogP contribution in [-0.2, 0) is 6.54 Å². The van der Waals surface area contributed by atoms with Crippen LogP contribution in [0.5, 0.6) is 0 Å². The Bertz CT molecular complexity index is 727. The van der Waals surface area contributed by atoms with Crippen molar-refractivity contribution >= 4 is 17.4 Å². The van der Waals surface area contributed by atoms with Crippen molar-refractivity contribution in [2.45, 2.75) is 17.6 Å². The molecule has 0 aliphatic rings. The molecule has 3 N–H and O–H groups in total. The molecule has 0 unspecified atom stereocenters. The number of anilines is 1. The summed E-state index contributed by atoms with van der Waals surface area (Å²) in [5.74, 6) is -0.993. The molecule has 1 heterocycles. The van der Waals surface area contributed by atoms with Gasteiger partial charge in [0.2, 0.25) is 0 Å². The monoisotopic (exact) mass is 331 g/mol. The highest BCUT2D eigenvalue weighted by molar-refractivity contribution is 7.99. The van der Waals surface area contributed by atoms with E-state index in [2.05, 4.69) is 10.3 Å². The lowest BCUT2D eigenvalue weighted by molar-refractivity contribution is -0.105. The highest BCUT2D eigenvalue weighted by atomic mass is 32.2. The van der Waals surface area contributed by atoms with Gasteiger partial charge in [-0.1, -0.05) is 12.1 Å². The van der Waals surface area contributed by atoms with Crippen LogP contribution in [0.25, 0.3) is 0 Å². The maximum absolute atomic E-state index is 12.3. The number of alkyl halides is 3. The number of nitrogens with one attached hydrogen (secondary N) is 3. The predicted octanol–water partition coefficient (Wildman–Crippen LogP) is 2.33. The Morgan fingerprint density at radius 1 is 1.14 bits per heavy atom. The van der Waals surface area contributed by atoms with E-state index in [0.29, 0.717) is 28.0 Å². The lowest BCUT2D eigenvalue weighted by Gasteiger charge is -2.12. The summed E-state index contributed by atoms with van der Waals surface area (Å²) in [7, 11) is 0. The van der Waals surface area contributed by atoms with Gasteiger partial charge in [0, 0.05) is 22.3 Å². The molecule has 0 saturated heterocycles. The molecule has 22 heavy (non-hydrogen) atoms. The third kappa shape index (κ3) is 4.99. The van der Waals surface area contributed by atoms with Gasteiger partial charge >= 0.3 is 11.9 Å². The Hall–Kier alpha value is -2.16. The molecule has 0 spiro atoms. The molecule has 2 rings (SSSR count). The van der Waals surface area contributed by atoms with Crippen LogP contribution in [0.3, 0.4) is 0 Å². The summed E-state index contributed by atoms with van der Waals surface area (Å²) in [6, 6.07) is 7.72. The smallest absolute Gasteiger partial charge is 0.379 e. The fraction of sp³-hybridized carbons (Fsp3) is 0.231. The van der Waals surface area contributed by atoms with Gasteiger partial charge in [0.05, 0.1) is 12.3 Å². The van der Waals surface area contributed by atoms with Gasteiger partial charge in [-0.05, 0) is 12.1 Å². The maximum Gasteiger partial charge on any atom is 0.398 e. The van der Waals surface area contributed by atoms with E-state index in [1.54, 1.807) is 24.3 Å². The van der Waals surface area contributed by atoms with Gasteiger partial charge in [-0.25, -0.2) is 4.79 Å². The summed E-state index contributed by atoms with van der Waals surface area (Å²) < 4.78 is 36.9. The number of halogens is 3. The summed E-state index contributed by atoms with van der Waals surface area (Å²) in [5, 5.41) is 2.91. The molecule has 0 radical (unpaired) electrons. The number of aromatic nitrogens is 2. The average molecular weight is 331 g/mol. The van der Waals surface area contributed by atoms with Crippen molar-refractivity contribution in [1.82, 2.24) is 9.97 Å². The molecule has 5 nitrogen and oxygen atoms in total. The highest BCUT2D eigenvalue weighted by Crippen LogP contribution is 2.32. The van der Waals surface area contributed by atoms with Crippen LogP contribution in [-0.4, -0.2) is 21.9 Å². The second-order valence-corrected chi connectivity index (χ2v) is 5.38. The van der Waals surface area contributed by atoms with Crippen molar-refractivity contribution < 1.29 is 13.2 Å². The van der Waals surface area contributed by atoms with Crippen molar-refractivity contribution in [3.05, 3.63) is 56.9 Å². The van der Waals surface area contributed by atoms with Gasteiger partial charge in [0.25, 0.3) is 5.56 Å². The first-order chi connectivity index (χ1) is 10.3. The zero-order valence-electron chi connectivity index (χ0n) is 11.2. The Balaban J connectivity index is 2.09. The number of thioether (sulfide) groups is 1. The number of para-hydroxylation sites is 1. The molecular formula is C13H12F3N3O2S. The minimum atomic E-state index is -4.25. The lowest BCUT2D eigenvalue weighted by atomic mass is 10.3. The molecule has 2 aromatic rings. The molecular weight excluding hydrogens is 319 g/mol. The predicted molar refractivity (Wildman–Crippen MR) is 78.2 cm³/mol. The zero-order valence-corrected chi connectivity index (χ0v) is 12.0. The molecule has 118 valence electrons. The Kier molecular flexibility index (Phi) is 4.96. The molecule has 1 aromatic heterocycles. The van der Waals surface area contributed by atoms with E-state index in [1.807, 2.05) is 4.98 Å². The van der Waals surface area contributed by atoms with Gasteiger partial charge in [-0.2, -0.15) is 13.2 Å². The van der Waals surface area contributed by atoms with Crippen LogP contribution in [0.4, 0.5) is 18.9 Å². The molecule has 1 aromatic carbocycles. The largest absolute Gasteiger partial charge is 0.398 e. The summed E-state index contributed by atoms with van der Waals surface area (Å²) in [5.41, 5.74) is -0.341. The number of aromatic amines is 2. The second kappa shape index (κ2) is 6.73. The van der Waals surface area contributed by atoms with Crippen molar-refractivity contribution in [2.24, 2.45) is 0 Å². The van der Waals surface area contributed by atoms with Crippen molar-refractivity contribution in [2.75, 3.05) is 11.1 Å². The van der Waals surface area contributed by atoms with E-state index in [1.165, 1.54) is 6.07 Å². The van der Waals surface area contributed by atoms with Crippen molar-refractivity contribution in [3.63, 3.8) is 0 Å². The second-order valence-electron chi connectivity index (χ2n) is 4.37. The van der Waals surface area contributed by atoms with E-state index >= 15 is 0 Å². The quantitative estimate of drug-likeness (QED) is 0.735. The van der Waals surface area contributed by atoms with Crippen molar-refractivity contribution in [1.29, 1.82) is 0 Å². The minimum Gasteiger partial charge on any atom is -0.379 e. The fourth-order valence-electron chi connectivity index (χ4n) is 1.70. The van der Waals surface area contributed by atoms with E-state index in [0.717, 1.165) is 0 Å².